The summed E-state index contributed by atoms with van der Waals surface area (Å²) < 4.78 is 0. The van der Waals surface area contributed by atoms with Gasteiger partial charge in [0.05, 0.1) is 0 Å². The van der Waals surface area contributed by atoms with E-state index in [0.29, 0.717) is 6.04 Å². The lowest BCUT2D eigenvalue weighted by Crippen LogP contribution is -2.41. The third kappa shape index (κ3) is 4.08. The molecule has 1 N–H and O–H groups in total. The average molecular weight is 213 g/mol. The Balaban J connectivity index is 2.20. The van der Waals surface area contributed by atoms with Crippen LogP contribution in [0, 0.1) is 0 Å². The van der Waals surface area contributed by atoms with Gasteiger partial charge in [-0.2, -0.15) is 0 Å². The van der Waals surface area contributed by atoms with Crippen molar-refractivity contribution in [3.05, 3.63) is 0 Å². The Morgan fingerprint density at radius 2 is 2.07 bits per heavy atom. The zero-order valence-corrected chi connectivity index (χ0v) is 10.1. The first-order valence-corrected chi connectivity index (χ1v) is 5.77. The van der Waals surface area contributed by atoms with Gasteiger partial charge < -0.3 is 15.1 Å². The molecule has 1 rings (SSSR count). The van der Waals surface area contributed by atoms with E-state index < -0.39 is 0 Å². The van der Waals surface area contributed by atoms with E-state index in [1.54, 1.807) is 23.9 Å². The fraction of sp³-hybridized carbons (Fsp3) is 0.909. The molecule has 1 aliphatic rings. The van der Waals surface area contributed by atoms with Gasteiger partial charge in [-0.3, -0.25) is 0 Å². The van der Waals surface area contributed by atoms with Crippen LogP contribution < -0.4 is 5.32 Å². The van der Waals surface area contributed by atoms with E-state index in [0.717, 1.165) is 19.5 Å². The molecule has 0 spiro atoms. The molecule has 1 aliphatic heterocycles. The van der Waals surface area contributed by atoms with Crippen molar-refractivity contribution in [1.29, 1.82) is 0 Å². The number of hydrogen-bond donors (Lipinski definition) is 1. The molecular formula is C11H23N3O. The van der Waals surface area contributed by atoms with E-state index in [4.69, 9.17) is 0 Å². The van der Waals surface area contributed by atoms with Gasteiger partial charge in [0.1, 0.15) is 0 Å². The minimum Gasteiger partial charge on any atom is -0.331 e. The fourth-order valence-corrected chi connectivity index (χ4v) is 1.96. The van der Waals surface area contributed by atoms with Crippen molar-refractivity contribution in [3.8, 4) is 0 Å². The molecule has 0 aromatic heterocycles. The highest BCUT2D eigenvalue weighted by molar-refractivity contribution is 5.73. The van der Waals surface area contributed by atoms with Gasteiger partial charge in [0.2, 0.25) is 0 Å². The second kappa shape index (κ2) is 5.95. The average Bonchev–Trinajstić information content (AvgIpc) is 2.26. The lowest BCUT2D eigenvalue weighted by Gasteiger charge is -2.27. The van der Waals surface area contributed by atoms with Crippen molar-refractivity contribution in [2.45, 2.75) is 31.7 Å². The summed E-state index contributed by atoms with van der Waals surface area (Å²) in [5, 5.41) is 3.49. The normalized spacial score (nSPS) is 21.1. The number of amides is 2. The van der Waals surface area contributed by atoms with Crippen LogP contribution in [0.4, 0.5) is 4.79 Å². The predicted molar refractivity (Wildman–Crippen MR) is 62.0 cm³/mol. The molecule has 0 aromatic rings. The van der Waals surface area contributed by atoms with Crippen LogP contribution in [0.1, 0.15) is 25.7 Å². The topological polar surface area (TPSA) is 35.6 Å². The first-order chi connectivity index (χ1) is 7.11. The zero-order chi connectivity index (χ0) is 11.3. The molecule has 4 nitrogen and oxygen atoms in total. The van der Waals surface area contributed by atoms with Crippen LogP contribution >= 0.6 is 0 Å². The summed E-state index contributed by atoms with van der Waals surface area (Å²) in [4.78, 5) is 15.0. The van der Waals surface area contributed by atoms with E-state index in [2.05, 4.69) is 5.32 Å². The lowest BCUT2D eigenvalue weighted by atomic mass is 10.0. The van der Waals surface area contributed by atoms with Crippen molar-refractivity contribution in [2.75, 3.05) is 34.2 Å². The van der Waals surface area contributed by atoms with E-state index in [-0.39, 0.29) is 6.03 Å². The molecule has 1 atom stereocenters. The van der Waals surface area contributed by atoms with Crippen molar-refractivity contribution in [2.24, 2.45) is 0 Å². The maximum atomic E-state index is 11.5. The zero-order valence-electron chi connectivity index (χ0n) is 10.1. The SMILES string of the molecule is CN(C)C(=O)N(C)CCC1CCCCN1. The lowest BCUT2D eigenvalue weighted by molar-refractivity contribution is 0.178. The minimum absolute atomic E-state index is 0.0887. The summed E-state index contributed by atoms with van der Waals surface area (Å²) in [6, 6.07) is 0.696. The second-order valence-electron chi connectivity index (χ2n) is 4.53. The van der Waals surface area contributed by atoms with E-state index in [1.165, 1.54) is 19.3 Å². The maximum absolute atomic E-state index is 11.5. The highest BCUT2D eigenvalue weighted by atomic mass is 16.2. The van der Waals surface area contributed by atoms with E-state index in [9.17, 15) is 4.79 Å². The summed E-state index contributed by atoms with van der Waals surface area (Å²) in [6.07, 6.45) is 4.94. The standard InChI is InChI=1S/C11H23N3O/c1-13(2)11(15)14(3)9-7-10-6-4-5-8-12-10/h10,12H,4-9H2,1-3H3. The van der Waals surface area contributed by atoms with Gasteiger partial charge in [0.25, 0.3) is 0 Å². The number of nitrogens with zero attached hydrogens (tertiary/aromatic N) is 2. The van der Waals surface area contributed by atoms with Gasteiger partial charge in [0.15, 0.2) is 0 Å². The van der Waals surface area contributed by atoms with Crippen LogP contribution in [0.5, 0.6) is 0 Å². The monoisotopic (exact) mass is 213 g/mol. The molecule has 0 aliphatic carbocycles. The molecule has 1 saturated heterocycles. The third-order valence-electron chi connectivity index (χ3n) is 2.93. The number of hydrogen-bond acceptors (Lipinski definition) is 2. The fourth-order valence-electron chi connectivity index (χ4n) is 1.96. The summed E-state index contributed by atoms with van der Waals surface area (Å²) in [7, 11) is 5.44. The molecular weight excluding hydrogens is 190 g/mol. The second-order valence-corrected chi connectivity index (χ2v) is 4.53. The Morgan fingerprint density at radius 3 is 2.60 bits per heavy atom. The molecule has 88 valence electrons. The third-order valence-corrected chi connectivity index (χ3v) is 2.93. The Labute approximate surface area is 92.6 Å². The molecule has 0 radical (unpaired) electrons. The molecule has 1 heterocycles. The molecule has 15 heavy (non-hydrogen) atoms. The van der Waals surface area contributed by atoms with Crippen LogP contribution in [0.2, 0.25) is 0 Å². The molecule has 0 saturated carbocycles. The smallest absolute Gasteiger partial charge is 0.319 e. The van der Waals surface area contributed by atoms with Crippen LogP contribution in [-0.4, -0.2) is 56.1 Å². The number of carbonyl (C=O) groups excluding carboxylic acids is 1. The summed E-state index contributed by atoms with van der Waals surface area (Å²) in [5.74, 6) is 0. The van der Waals surface area contributed by atoms with E-state index >= 15 is 0 Å². The summed E-state index contributed by atoms with van der Waals surface area (Å²) >= 11 is 0. The van der Waals surface area contributed by atoms with Crippen LogP contribution in [-0.2, 0) is 0 Å². The Bertz CT molecular complexity index is 200. The first kappa shape index (κ1) is 12.3. The highest BCUT2D eigenvalue weighted by Crippen LogP contribution is 2.10. The van der Waals surface area contributed by atoms with Crippen molar-refractivity contribution in [3.63, 3.8) is 0 Å². The number of urea groups is 1. The maximum Gasteiger partial charge on any atom is 0.319 e. The minimum atomic E-state index is 0.0887. The van der Waals surface area contributed by atoms with Crippen LogP contribution in [0.15, 0.2) is 0 Å². The van der Waals surface area contributed by atoms with Crippen molar-refractivity contribution >= 4 is 6.03 Å². The quantitative estimate of drug-likeness (QED) is 0.763. The molecule has 4 heteroatoms. The Morgan fingerprint density at radius 1 is 1.33 bits per heavy atom. The van der Waals surface area contributed by atoms with Crippen LogP contribution in [0.3, 0.4) is 0 Å². The van der Waals surface area contributed by atoms with Gasteiger partial charge >= 0.3 is 6.03 Å². The van der Waals surface area contributed by atoms with Gasteiger partial charge in [-0.25, -0.2) is 4.79 Å². The van der Waals surface area contributed by atoms with Gasteiger partial charge in [-0.15, -0.1) is 0 Å². The highest BCUT2D eigenvalue weighted by Gasteiger charge is 2.15. The molecule has 1 fully saturated rings. The molecule has 0 aromatic carbocycles. The van der Waals surface area contributed by atoms with E-state index in [1.807, 2.05) is 7.05 Å². The van der Waals surface area contributed by atoms with Gasteiger partial charge in [0, 0.05) is 33.7 Å². The summed E-state index contributed by atoms with van der Waals surface area (Å²) in [5.41, 5.74) is 0. The number of nitrogens with one attached hydrogen (secondary N) is 1. The van der Waals surface area contributed by atoms with Crippen molar-refractivity contribution in [1.82, 2.24) is 15.1 Å². The predicted octanol–water partition coefficient (Wildman–Crippen LogP) is 1.13. The van der Waals surface area contributed by atoms with Crippen molar-refractivity contribution < 1.29 is 4.79 Å². The number of piperidine rings is 1. The van der Waals surface area contributed by atoms with Gasteiger partial charge in [-0.05, 0) is 25.8 Å². The number of rotatable bonds is 3. The Kier molecular flexibility index (Phi) is 4.88. The molecule has 1 unspecified atom stereocenters. The first-order valence-electron chi connectivity index (χ1n) is 5.77. The number of carbonyl (C=O) groups is 1. The van der Waals surface area contributed by atoms with Gasteiger partial charge in [-0.1, -0.05) is 6.42 Å². The largest absolute Gasteiger partial charge is 0.331 e. The molecule has 2 amide bonds. The summed E-state index contributed by atoms with van der Waals surface area (Å²) in [6.45, 7) is 1.98. The van der Waals surface area contributed by atoms with Crippen LogP contribution in [0.25, 0.3) is 0 Å². The molecule has 0 bridgehead atoms. The Hall–Kier alpha value is -0.770.